The van der Waals surface area contributed by atoms with E-state index in [2.05, 4.69) is 74.5 Å². The van der Waals surface area contributed by atoms with Gasteiger partial charge in [0.2, 0.25) is 0 Å². The molecule has 0 aliphatic carbocycles. The molecular formula is C23H41N3. The van der Waals surface area contributed by atoms with Crippen LogP contribution < -0.4 is 10.6 Å². The number of benzene rings is 1. The minimum atomic E-state index is 0.314. The standard InChI is InChI=1S/C18H27N3.C3H8.C2H6/c1-14(11-18(2,3)13-19-4)21-12-15-7-8-17-16(10-15)6-5-9-20-17;1-3-2;1-2/h5-10,14,19,21H,11-13H2,1-4H3;3H2,1-2H3;1-2H3. The average Bonchev–Trinajstić information content (AvgIpc) is 2.62. The van der Waals surface area contributed by atoms with Gasteiger partial charge in [-0.05, 0) is 49.6 Å². The normalized spacial score (nSPS) is 11.8. The summed E-state index contributed by atoms with van der Waals surface area (Å²) in [5.74, 6) is 0. The van der Waals surface area contributed by atoms with Crippen LogP contribution in [0.1, 0.15) is 66.9 Å². The summed E-state index contributed by atoms with van der Waals surface area (Å²) in [6.45, 7) is 17.1. The molecule has 1 aromatic carbocycles. The van der Waals surface area contributed by atoms with Gasteiger partial charge in [-0.1, -0.05) is 60.1 Å². The van der Waals surface area contributed by atoms with Crippen LogP contribution in [0.15, 0.2) is 36.5 Å². The Morgan fingerprint density at radius 2 is 1.77 bits per heavy atom. The summed E-state index contributed by atoms with van der Waals surface area (Å²) in [5.41, 5.74) is 2.69. The molecule has 0 aliphatic heterocycles. The van der Waals surface area contributed by atoms with Crippen LogP contribution in [0, 0.1) is 5.41 Å². The zero-order valence-electron chi connectivity index (χ0n) is 18.3. The Hall–Kier alpha value is -1.45. The molecule has 3 heteroatoms. The number of fused-ring (bicyclic) bond motifs is 1. The first-order valence-electron chi connectivity index (χ1n) is 10.1. The van der Waals surface area contributed by atoms with E-state index >= 15 is 0 Å². The van der Waals surface area contributed by atoms with Crippen molar-refractivity contribution >= 4 is 10.9 Å². The number of aromatic nitrogens is 1. The molecule has 0 fully saturated rings. The highest BCUT2D eigenvalue weighted by Crippen LogP contribution is 2.21. The van der Waals surface area contributed by atoms with E-state index in [0.29, 0.717) is 11.5 Å². The maximum atomic E-state index is 4.36. The first-order chi connectivity index (χ1) is 12.4. The molecule has 0 radical (unpaired) electrons. The van der Waals surface area contributed by atoms with Crippen LogP contribution >= 0.6 is 0 Å². The van der Waals surface area contributed by atoms with Gasteiger partial charge in [0.15, 0.2) is 0 Å². The third-order valence-corrected chi connectivity index (χ3v) is 3.84. The molecule has 148 valence electrons. The van der Waals surface area contributed by atoms with E-state index in [4.69, 9.17) is 0 Å². The van der Waals surface area contributed by atoms with Gasteiger partial charge in [0, 0.05) is 30.7 Å². The predicted octanol–water partition coefficient (Wildman–Crippen LogP) is 5.79. The van der Waals surface area contributed by atoms with Crippen LogP contribution in [0.4, 0.5) is 0 Å². The molecule has 1 heterocycles. The number of pyridine rings is 1. The van der Waals surface area contributed by atoms with E-state index < -0.39 is 0 Å². The number of rotatable bonds is 7. The number of nitrogens with one attached hydrogen (secondary N) is 2. The predicted molar refractivity (Wildman–Crippen MR) is 118 cm³/mol. The summed E-state index contributed by atoms with van der Waals surface area (Å²) in [5, 5.41) is 8.11. The first-order valence-corrected chi connectivity index (χ1v) is 10.1. The van der Waals surface area contributed by atoms with Gasteiger partial charge < -0.3 is 10.6 Å². The van der Waals surface area contributed by atoms with Crippen molar-refractivity contribution in [3.8, 4) is 0 Å². The second kappa shape index (κ2) is 13.7. The monoisotopic (exact) mass is 359 g/mol. The summed E-state index contributed by atoms with van der Waals surface area (Å²) in [6, 6.07) is 11.1. The smallest absolute Gasteiger partial charge is 0.0702 e. The van der Waals surface area contributed by atoms with E-state index in [-0.39, 0.29) is 0 Å². The molecule has 0 saturated heterocycles. The van der Waals surface area contributed by atoms with Crippen molar-refractivity contribution in [2.75, 3.05) is 13.6 Å². The first kappa shape index (κ1) is 24.6. The van der Waals surface area contributed by atoms with Crippen LogP contribution in [-0.2, 0) is 6.54 Å². The molecule has 2 aromatic rings. The highest BCUT2D eigenvalue weighted by molar-refractivity contribution is 5.78. The molecule has 0 bridgehead atoms. The molecule has 0 aliphatic rings. The van der Waals surface area contributed by atoms with Crippen LogP contribution in [0.3, 0.4) is 0 Å². The third-order valence-electron chi connectivity index (χ3n) is 3.84. The highest BCUT2D eigenvalue weighted by atomic mass is 14.9. The Bertz CT molecular complexity index is 593. The Balaban J connectivity index is 0.00000113. The van der Waals surface area contributed by atoms with Gasteiger partial charge in [-0.3, -0.25) is 4.98 Å². The van der Waals surface area contributed by atoms with Crippen LogP contribution in [0.25, 0.3) is 10.9 Å². The molecule has 26 heavy (non-hydrogen) atoms. The lowest BCUT2D eigenvalue weighted by Crippen LogP contribution is -2.35. The summed E-state index contributed by atoms with van der Waals surface area (Å²) in [7, 11) is 2.02. The molecule has 1 atom stereocenters. The van der Waals surface area contributed by atoms with Gasteiger partial charge in [0.25, 0.3) is 0 Å². The van der Waals surface area contributed by atoms with Crippen molar-refractivity contribution in [3.05, 3.63) is 42.1 Å². The number of hydrogen-bond acceptors (Lipinski definition) is 3. The largest absolute Gasteiger partial charge is 0.319 e. The van der Waals surface area contributed by atoms with Crippen molar-refractivity contribution < 1.29 is 0 Å². The molecule has 0 spiro atoms. The molecule has 1 unspecified atom stereocenters. The highest BCUT2D eigenvalue weighted by Gasteiger charge is 2.19. The average molecular weight is 360 g/mol. The molecule has 2 rings (SSSR count). The zero-order valence-corrected chi connectivity index (χ0v) is 18.3. The van der Waals surface area contributed by atoms with E-state index in [1.54, 1.807) is 0 Å². The summed E-state index contributed by atoms with van der Waals surface area (Å²) in [6.07, 6.45) is 4.25. The zero-order chi connectivity index (χ0) is 20.0. The van der Waals surface area contributed by atoms with Gasteiger partial charge in [0.1, 0.15) is 0 Å². The fourth-order valence-electron chi connectivity index (χ4n) is 2.98. The van der Waals surface area contributed by atoms with Crippen molar-refractivity contribution in [1.82, 2.24) is 15.6 Å². The topological polar surface area (TPSA) is 37.0 Å². The lowest BCUT2D eigenvalue weighted by molar-refractivity contribution is 0.281. The van der Waals surface area contributed by atoms with Crippen LogP contribution in [0.2, 0.25) is 0 Å². The molecule has 3 nitrogen and oxygen atoms in total. The fourth-order valence-corrected chi connectivity index (χ4v) is 2.98. The summed E-state index contributed by atoms with van der Waals surface area (Å²) >= 11 is 0. The van der Waals surface area contributed by atoms with Crippen molar-refractivity contribution in [1.29, 1.82) is 0 Å². The quantitative estimate of drug-likeness (QED) is 0.657. The summed E-state index contributed by atoms with van der Waals surface area (Å²) in [4.78, 5) is 4.36. The molecule has 2 N–H and O–H groups in total. The molecule has 0 amide bonds. The van der Waals surface area contributed by atoms with Gasteiger partial charge in [-0.2, -0.15) is 0 Å². The Labute approximate surface area is 162 Å². The van der Waals surface area contributed by atoms with Crippen molar-refractivity contribution in [2.24, 2.45) is 5.41 Å². The number of nitrogens with zero attached hydrogens (tertiary/aromatic N) is 1. The van der Waals surface area contributed by atoms with Gasteiger partial charge in [-0.15, -0.1) is 0 Å². The molecule has 0 saturated carbocycles. The van der Waals surface area contributed by atoms with Gasteiger partial charge >= 0.3 is 0 Å². The maximum Gasteiger partial charge on any atom is 0.0702 e. The third kappa shape index (κ3) is 9.88. The SMILES string of the molecule is CC.CCC.CNCC(C)(C)CC(C)NCc1ccc2ncccc2c1. The van der Waals surface area contributed by atoms with E-state index in [0.717, 1.165) is 25.0 Å². The van der Waals surface area contributed by atoms with E-state index in [1.165, 1.54) is 17.4 Å². The number of hydrogen-bond donors (Lipinski definition) is 2. The van der Waals surface area contributed by atoms with E-state index in [1.807, 2.05) is 33.2 Å². The maximum absolute atomic E-state index is 4.36. The second-order valence-corrected chi connectivity index (χ2v) is 7.42. The Morgan fingerprint density at radius 3 is 2.38 bits per heavy atom. The van der Waals surface area contributed by atoms with Crippen molar-refractivity contribution in [2.45, 2.75) is 73.9 Å². The minimum Gasteiger partial charge on any atom is -0.319 e. The van der Waals surface area contributed by atoms with Crippen molar-refractivity contribution in [3.63, 3.8) is 0 Å². The fraction of sp³-hybridized carbons (Fsp3) is 0.609. The molecular weight excluding hydrogens is 318 g/mol. The Morgan fingerprint density at radius 1 is 1.12 bits per heavy atom. The van der Waals surface area contributed by atoms with Crippen LogP contribution in [-0.4, -0.2) is 24.6 Å². The minimum absolute atomic E-state index is 0.314. The lowest BCUT2D eigenvalue weighted by Gasteiger charge is -2.28. The van der Waals surface area contributed by atoms with E-state index in [9.17, 15) is 0 Å². The van der Waals surface area contributed by atoms with Gasteiger partial charge in [0.05, 0.1) is 5.52 Å². The second-order valence-electron chi connectivity index (χ2n) is 7.42. The lowest BCUT2D eigenvalue weighted by atomic mass is 9.86. The van der Waals surface area contributed by atoms with Crippen LogP contribution in [0.5, 0.6) is 0 Å². The Kier molecular flexibility index (Phi) is 12.9. The van der Waals surface area contributed by atoms with Gasteiger partial charge in [-0.25, -0.2) is 0 Å². The molecule has 1 aromatic heterocycles. The summed E-state index contributed by atoms with van der Waals surface area (Å²) < 4.78 is 0.